The minimum atomic E-state index is -4.87. The first-order chi connectivity index (χ1) is 7.50. The van der Waals surface area contributed by atoms with E-state index in [9.17, 15) is 12.3 Å². The van der Waals surface area contributed by atoms with Crippen LogP contribution in [-0.2, 0) is 17.3 Å². The minimum Gasteiger partial charge on any atom is -0.299 e. The van der Waals surface area contributed by atoms with E-state index >= 15 is 0 Å². The summed E-state index contributed by atoms with van der Waals surface area (Å²) >= 11 is 0. The third-order valence-corrected chi connectivity index (χ3v) is 2.69. The molecule has 0 saturated heterocycles. The first-order valence-corrected chi connectivity index (χ1v) is 5.49. The zero-order valence-corrected chi connectivity index (χ0v) is 8.89. The molecule has 2 aromatic heterocycles. The minimum absolute atomic E-state index is 0.200. The summed E-state index contributed by atoms with van der Waals surface area (Å²) < 4.78 is 35.1. The van der Waals surface area contributed by atoms with Crippen molar-refractivity contribution in [1.29, 1.82) is 0 Å². The Balaban J connectivity index is 2.59. The van der Waals surface area contributed by atoms with E-state index < -0.39 is 15.4 Å². The summed E-state index contributed by atoms with van der Waals surface area (Å²) in [5.74, 6) is 0.200. The molecule has 84 valence electrons. The van der Waals surface area contributed by atoms with Gasteiger partial charge < -0.3 is 0 Å². The summed E-state index contributed by atoms with van der Waals surface area (Å²) in [6.45, 7) is 0. The first-order valence-electron chi connectivity index (χ1n) is 4.11. The molecule has 0 aromatic carbocycles. The number of hydrogen-bond donors (Lipinski definition) is 0. The quantitative estimate of drug-likeness (QED) is 0.686. The maximum atomic E-state index is 12.7. The van der Waals surface area contributed by atoms with Gasteiger partial charge >= 0.3 is 10.2 Å². The molecule has 0 amide bonds. The van der Waals surface area contributed by atoms with E-state index in [4.69, 9.17) is 0 Å². The molecular weight excluding hydrogens is 237 g/mol. The predicted molar refractivity (Wildman–Crippen MR) is 50.3 cm³/mol. The van der Waals surface area contributed by atoms with Crippen molar-refractivity contribution in [2.24, 2.45) is 7.05 Å². The molecule has 0 bridgehead atoms. The largest absolute Gasteiger partial charge is 0.368 e. The highest BCUT2D eigenvalue weighted by Crippen LogP contribution is 2.18. The Labute approximate surface area is 90.2 Å². The molecule has 0 aliphatic carbocycles. The van der Waals surface area contributed by atoms with Crippen molar-refractivity contribution in [3.05, 3.63) is 18.5 Å². The molecule has 0 aliphatic rings. The molecule has 2 heterocycles. The van der Waals surface area contributed by atoms with Crippen molar-refractivity contribution in [3.63, 3.8) is 0 Å². The van der Waals surface area contributed by atoms with Crippen LogP contribution in [0.3, 0.4) is 0 Å². The van der Waals surface area contributed by atoms with Crippen molar-refractivity contribution >= 4 is 10.2 Å². The van der Waals surface area contributed by atoms with Crippen LogP contribution >= 0.6 is 0 Å². The molecule has 0 atom stereocenters. The van der Waals surface area contributed by atoms with Crippen LogP contribution in [0, 0.1) is 0 Å². The van der Waals surface area contributed by atoms with Crippen LogP contribution in [0.25, 0.3) is 11.4 Å². The fourth-order valence-corrected chi connectivity index (χ4v) is 1.75. The smallest absolute Gasteiger partial charge is 0.299 e. The zero-order chi connectivity index (χ0) is 11.8. The molecule has 7 nitrogen and oxygen atoms in total. The molecular formula is C7H6FN5O2S. The van der Waals surface area contributed by atoms with Crippen molar-refractivity contribution in [3.8, 4) is 11.4 Å². The van der Waals surface area contributed by atoms with Crippen molar-refractivity contribution in [2.45, 2.75) is 5.16 Å². The summed E-state index contributed by atoms with van der Waals surface area (Å²) in [6.07, 6.45) is 2.78. The van der Waals surface area contributed by atoms with E-state index in [0.29, 0.717) is 5.56 Å². The van der Waals surface area contributed by atoms with E-state index in [-0.39, 0.29) is 5.82 Å². The number of hydrogen-bond acceptors (Lipinski definition) is 6. The SMILES string of the molecule is Cn1c(-c2ccnnc2)nnc1S(=O)(=O)F. The van der Waals surface area contributed by atoms with Gasteiger partial charge in [0.15, 0.2) is 5.82 Å². The van der Waals surface area contributed by atoms with E-state index in [2.05, 4.69) is 20.4 Å². The lowest BCUT2D eigenvalue weighted by Gasteiger charge is -1.99. The van der Waals surface area contributed by atoms with Crippen LogP contribution in [0.2, 0.25) is 0 Å². The van der Waals surface area contributed by atoms with E-state index in [0.717, 1.165) is 4.57 Å². The van der Waals surface area contributed by atoms with Gasteiger partial charge in [-0.15, -0.1) is 10.2 Å². The molecule has 0 saturated carbocycles. The fourth-order valence-electron chi connectivity index (χ4n) is 1.20. The fraction of sp³-hybridized carbons (Fsp3) is 0.143. The van der Waals surface area contributed by atoms with Crippen LogP contribution < -0.4 is 0 Å². The molecule has 16 heavy (non-hydrogen) atoms. The molecule has 0 fully saturated rings. The maximum absolute atomic E-state index is 12.7. The Bertz CT molecular complexity index is 609. The number of halogens is 1. The number of aromatic nitrogens is 5. The second-order valence-corrected chi connectivity index (χ2v) is 4.18. The van der Waals surface area contributed by atoms with Gasteiger partial charge in [0.1, 0.15) is 0 Å². The molecule has 0 spiro atoms. The van der Waals surface area contributed by atoms with Crippen LogP contribution in [0.1, 0.15) is 0 Å². The van der Waals surface area contributed by atoms with Crippen LogP contribution in [0.15, 0.2) is 23.6 Å². The molecule has 9 heteroatoms. The Morgan fingerprint density at radius 3 is 2.56 bits per heavy atom. The average molecular weight is 243 g/mol. The van der Waals surface area contributed by atoms with Crippen molar-refractivity contribution in [1.82, 2.24) is 25.0 Å². The lowest BCUT2D eigenvalue weighted by atomic mass is 10.3. The third kappa shape index (κ3) is 1.76. The summed E-state index contributed by atoms with van der Waals surface area (Å²) in [5.41, 5.74) is 0.500. The van der Waals surface area contributed by atoms with E-state index in [1.807, 2.05) is 0 Å². The zero-order valence-electron chi connectivity index (χ0n) is 8.07. The normalized spacial score (nSPS) is 11.6. The van der Waals surface area contributed by atoms with Crippen LogP contribution in [0.5, 0.6) is 0 Å². The van der Waals surface area contributed by atoms with Gasteiger partial charge in [-0.1, -0.05) is 3.89 Å². The summed E-state index contributed by atoms with van der Waals surface area (Å²) in [5, 5.41) is 13.3. The highest BCUT2D eigenvalue weighted by atomic mass is 32.3. The molecule has 0 N–H and O–H groups in total. The van der Waals surface area contributed by atoms with Gasteiger partial charge in [0.2, 0.25) is 0 Å². The molecule has 2 aromatic rings. The lowest BCUT2D eigenvalue weighted by Crippen LogP contribution is -2.03. The number of rotatable bonds is 2. The third-order valence-electron chi connectivity index (χ3n) is 1.90. The summed E-state index contributed by atoms with van der Waals surface area (Å²) in [4.78, 5) is 0. The van der Waals surface area contributed by atoms with Gasteiger partial charge in [-0.3, -0.25) is 4.57 Å². The van der Waals surface area contributed by atoms with Gasteiger partial charge in [0.25, 0.3) is 5.16 Å². The Morgan fingerprint density at radius 1 is 1.31 bits per heavy atom. The highest BCUT2D eigenvalue weighted by molar-refractivity contribution is 7.86. The lowest BCUT2D eigenvalue weighted by molar-refractivity contribution is 0.534. The Kier molecular flexibility index (Phi) is 2.38. The van der Waals surface area contributed by atoms with Gasteiger partial charge in [-0.25, -0.2) is 0 Å². The molecule has 2 rings (SSSR count). The van der Waals surface area contributed by atoms with Gasteiger partial charge in [-0.2, -0.15) is 18.6 Å². The Hall–Kier alpha value is -1.90. The standard InChI is InChI=1S/C7H6FN5O2S/c1-13-6(5-2-3-9-10-4-5)11-12-7(13)16(8,14)15/h2-4H,1H3. The predicted octanol–water partition coefficient (Wildman–Crippen LogP) is -0.0697. The van der Waals surface area contributed by atoms with Crippen LogP contribution in [-0.4, -0.2) is 33.4 Å². The second kappa shape index (κ2) is 3.59. The topological polar surface area (TPSA) is 90.6 Å². The molecule has 0 radical (unpaired) electrons. The first kappa shape index (κ1) is 10.6. The monoisotopic (exact) mass is 243 g/mol. The summed E-state index contributed by atoms with van der Waals surface area (Å²) in [7, 11) is -3.52. The highest BCUT2D eigenvalue weighted by Gasteiger charge is 2.22. The van der Waals surface area contributed by atoms with Crippen LogP contribution in [0.4, 0.5) is 3.89 Å². The molecule has 0 unspecified atom stereocenters. The summed E-state index contributed by atoms with van der Waals surface area (Å²) in [6, 6.07) is 1.56. The Morgan fingerprint density at radius 2 is 2.06 bits per heavy atom. The average Bonchev–Trinajstić information content (AvgIpc) is 2.61. The number of nitrogens with zero attached hydrogens (tertiary/aromatic N) is 5. The van der Waals surface area contributed by atoms with E-state index in [1.54, 1.807) is 6.07 Å². The van der Waals surface area contributed by atoms with Crippen molar-refractivity contribution in [2.75, 3.05) is 0 Å². The maximum Gasteiger partial charge on any atom is 0.368 e. The van der Waals surface area contributed by atoms with Gasteiger partial charge in [0.05, 0.1) is 12.4 Å². The van der Waals surface area contributed by atoms with Gasteiger partial charge in [0, 0.05) is 12.6 Å². The van der Waals surface area contributed by atoms with Crippen molar-refractivity contribution < 1.29 is 12.3 Å². The second-order valence-electron chi connectivity index (χ2n) is 2.93. The molecule has 0 aliphatic heterocycles. The van der Waals surface area contributed by atoms with Gasteiger partial charge in [-0.05, 0) is 6.07 Å². The van der Waals surface area contributed by atoms with E-state index in [1.165, 1.54) is 19.4 Å².